The van der Waals surface area contributed by atoms with E-state index < -0.39 is 11.6 Å². The van der Waals surface area contributed by atoms with Gasteiger partial charge in [-0.15, -0.1) is 0 Å². The summed E-state index contributed by atoms with van der Waals surface area (Å²) in [6.07, 6.45) is 0.614. The molecule has 0 saturated carbocycles. The number of hydrogen-bond donors (Lipinski definition) is 2. The lowest BCUT2D eigenvalue weighted by molar-refractivity contribution is -0.134. The molecule has 27 heavy (non-hydrogen) atoms. The number of aliphatic hydroxyl groups excluding tert-OH is 1. The maximum Gasteiger partial charge on any atom is 0.259 e. The van der Waals surface area contributed by atoms with E-state index in [-0.39, 0.29) is 18.4 Å². The largest absolute Gasteiger partial charge is 0.394 e. The molecule has 1 unspecified atom stereocenters. The van der Waals surface area contributed by atoms with Crippen LogP contribution in [-0.4, -0.2) is 27.6 Å². The molecule has 1 aliphatic heterocycles. The SMILES string of the molecule is CC(C)C[C@]1(c2ccccc2)NC(=S)N(C(CO)c2cccc(Br)c2)C1=O. The number of benzene rings is 2. The zero-order valence-electron chi connectivity index (χ0n) is 15.4. The summed E-state index contributed by atoms with van der Waals surface area (Å²) in [5.74, 6) is 0.161. The summed E-state index contributed by atoms with van der Waals surface area (Å²) in [6.45, 7) is 3.96. The molecule has 0 spiro atoms. The maximum atomic E-state index is 13.7. The molecule has 6 heteroatoms. The van der Waals surface area contributed by atoms with Crippen LogP contribution < -0.4 is 5.32 Å². The predicted molar refractivity (Wildman–Crippen MR) is 114 cm³/mol. The molecule has 2 aromatic carbocycles. The van der Waals surface area contributed by atoms with Crippen LogP contribution >= 0.6 is 28.1 Å². The van der Waals surface area contributed by atoms with Crippen LogP contribution in [0.15, 0.2) is 59.1 Å². The van der Waals surface area contributed by atoms with Gasteiger partial charge in [0.25, 0.3) is 5.91 Å². The van der Waals surface area contributed by atoms with E-state index >= 15 is 0 Å². The van der Waals surface area contributed by atoms with Crippen molar-refractivity contribution in [2.75, 3.05) is 6.61 Å². The van der Waals surface area contributed by atoms with Gasteiger partial charge in [-0.3, -0.25) is 9.69 Å². The average Bonchev–Trinajstić information content (AvgIpc) is 2.88. The van der Waals surface area contributed by atoms with Crippen molar-refractivity contribution in [3.8, 4) is 0 Å². The summed E-state index contributed by atoms with van der Waals surface area (Å²) in [6, 6.07) is 16.7. The summed E-state index contributed by atoms with van der Waals surface area (Å²) in [4.78, 5) is 15.2. The summed E-state index contributed by atoms with van der Waals surface area (Å²) < 4.78 is 0.889. The van der Waals surface area contributed by atoms with E-state index in [1.807, 2.05) is 54.6 Å². The Bertz CT molecular complexity index is 843. The molecule has 2 atom stereocenters. The molecule has 2 N–H and O–H groups in total. The standard InChI is InChI=1S/C21H23BrN2O2S/c1-14(2)12-21(16-8-4-3-5-9-16)19(26)24(20(27)23-21)18(13-25)15-7-6-10-17(22)11-15/h3-11,14,18,25H,12-13H2,1-2H3,(H,23,27)/t18?,21-/m1/s1. The van der Waals surface area contributed by atoms with E-state index in [1.54, 1.807) is 0 Å². The van der Waals surface area contributed by atoms with Gasteiger partial charge in [-0.1, -0.05) is 72.2 Å². The van der Waals surface area contributed by atoms with Crippen molar-refractivity contribution in [2.24, 2.45) is 5.92 Å². The monoisotopic (exact) mass is 446 g/mol. The van der Waals surface area contributed by atoms with Crippen molar-refractivity contribution in [3.05, 3.63) is 70.2 Å². The van der Waals surface area contributed by atoms with Crippen LogP contribution in [-0.2, 0) is 10.3 Å². The van der Waals surface area contributed by atoms with Crippen LogP contribution in [0.1, 0.15) is 37.4 Å². The van der Waals surface area contributed by atoms with Crippen molar-refractivity contribution in [1.82, 2.24) is 10.2 Å². The molecule has 0 bridgehead atoms. The normalized spacial score (nSPS) is 20.9. The Kier molecular flexibility index (Phi) is 5.99. The molecule has 1 saturated heterocycles. The Labute approximate surface area is 173 Å². The lowest BCUT2D eigenvalue weighted by atomic mass is 9.82. The van der Waals surface area contributed by atoms with Gasteiger partial charge in [0.2, 0.25) is 0 Å². The number of nitrogens with one attached hydrogen (secondary N) is 1. The number of halogens is 1. The van der Waals surface area contributed by atoms with E-state index in [0.29, 0.717) is 11.5 Å². The maximum absolute atomic E-state index is 13.7. The lowest BCUT2D eigenvalue weighted by Crippen LogP contribution is -2.45. The second-order valence-electron chi connectivity index (χ2n) is 7.23. The Morgan fingerprint density at radius 2 is 1.89 bits per heavy atom. The topological polar surface area (TPSA) is 52.6 Å². The molecule has 0 aliphatic carbocycles. The van der Waals surface area contributed by atoms with Gasteiger partial charge in [0, 0.05) is 4.47 Å². The first kappa shape index (κ1) is 20.0. The van der Waals surface area contributed by atoms with Gasteiger partial charge in [0.15, 0.2) is 5.11 Å². The number of carbonyl (C=O) groups excluding carboxylic acids is 1. The minimum Gasteiger partial charge on any atom is -0.394 e. The van der Waals surface area contributed by atoms with Gasteiger partial charge in [-0.2, -0.15) is 0 Å². The van der Waals surface area contributed by atoms with Crippen LogP contribution in [0.5, 0.6) is 0 Å². The Morgan fingerprint density at radius 1 is 1.19 bits per heavy atom. The third-order valence-corrected chi connectivity index (χ3v) is 5.61. The van der Waals surface area contributed by atoms with Crippen LogP contribution in [0.4, 0.5) is 0 Å². The number of hydrogen-bond acceptors (Lipinski definition) is 3. The van der Waals surface area contributed by atoms with Gasteiger partial charge in [0.1, 0.15) is 5.54 Å². The molecule has 1 fully saturated rings. The summed E-state index contributed by atoms with van der Waals surface area (Å²) in [5.41, 5.74) is 0.809. The minimum atomic E-state index is -0.911. The lowest BCUT2D eigenvalue weighted by Gasteiger charge is -2.31. The zero-order chi connectivity index (χ0) is 19.6. The first-order valence-electron chi connectivity index (χ1n) is 8.96. The van der Waals surface area contributed by atoms with E-state index in [1.165, 1.54) is 4.90 Å². The molecule has 4 nitrogen and oxygen atoms in total. The highest BCUT2D eigenvalue weighted by atomic mass is 79.9. The van der Waals surface area contributed by atoms with Crippen molar-refractivity contribution < 1.29 is 9.90 Å². The highest BCUT2D eigenvalue weighted by Gasteiger charge is 2.52. The molecule has 1 heterocycles. The minimum absolute atomic E-state index is 0.119. The van der Waals surface area contributed by atoms with Crippen molar-refractivity contribution in [2.45, 2.75) is 31.8 Å². The van der Waals surface area contributed by atoms with E-state index in [2.05, 4.69) is 35.1 Å². The van der Waals surface area contributed by atoms with E-state index in [0.717, 1.165) is 15.6 Å². The Hall–Kier alpha value is -1.76. The molecule has 1 aliphatic rings. The molecule has 0 aromatic heterocycles. The average molecular weight is 447 g/mol. The predicted octanol–water partition coefficient (Wildman–Crippen LogP) is 4.14. The second-order valence-corrected chi connectivity index (χ2v) is 8.53. The van der Waals surface area contributed by atoms with E-state index in [9.17, 15) is 9.90 Å². The van der Waals surface area contributed by atoms with Crippen LogP contribution in [0, 0.1) is 5.92 Å². The quantitative estimate of drug-likeness (QED) is 0.654. The fourth-order valence-electron chi connectivity index (χ4n) is 3.71. The molecule has 0 radical (unpaired) electrons. The molecule has 142 valence electrons. The highest BCUT2D eigenvalue weighted by molar-refractivity contribution is 9.10. The third-order valence-electron chi connectivity index (χ3n) is 4.82. The number of aliphatic hydroxyl groups is 1. The smallest absolute Gasteiger partial charge is 0.259 e. The number of nitrogens with zero attached hydrogens (tertiary/aromatic N) is 1. The molecule has 1 amide bonds. The first-order chi connectivity index (χ1) is 12.9. The Balaban J connectivity index is 2.06. The summed E-state index contributed by atoms with van der Waals surface area (Å²) >= 11 is 9.02. The number of rotatable bonds is 6. The number of thiocarbonyl (C=S) groups is 1. The fourth-order valence-corrected chi connectivity index (χ4v) is 4.52. The van der Waals surface area contributed by atoms with Crippen molar-refractivity contribution in [3.63, 3.8) is 0 Å². The number of amides is 1. The molecule has 2 aromatic rings. The van der Waals surface area contributed by atoms with Crippen molar-refractivity contribution in [1.29, 1.82) is 0 Å². The fraction of sp³-hybridized carbons (Fsp3) is 0.333. The molecular formula is C21H23BrN2O2S. The molecule has 3 rings (SSSR count). The summed E-state index contributed by atoms with van der Waals surface area (Å²) in [7, 11) is 0. The van der Waals surface area contributed by atoms with Crippen LogP contribution in [0.25, 0.3) is 0 Å². The number of carbonyl (C=O) groups is 1. The van der Waals surface area contributed by atoms with Gasteiger partial charge in [-0.25, -0.2) is 0 Å². The zero-order valence-corrected chi connectivity index (χ0v) is 17.8. The second kappa shape index (κ2) is 8.09. The molecular weight excluding hydrogens is 424 g/mol. The van der Waals surface area contributed by atoms with Gasteiger partial charge in [0.05, 0.1) is 12.6 Å². The Morgan fingerprint density at radius 3 is 2.48 bits per heavy atom. The van der Waals surface area contributed by atoms with Crippen molar-refractivity contribution >= 4 is 39.2 Å². The third kappa shape index (κ3) is 3.79. The van der Waals surface area contributed by atoms with Gasteiger partial charge >= 0.3 is 0 Å². The summed E-state index contributed by atoms with van der Waals surface area (Å²) in [5, 5.41) is 13.7. The van der Waals surface area contributed by atoms with Gasteiger partial charge < -0.3 is 10.4 Å². The van der Waals surface area contributed by atoms with Crippen LogP contribution in [0.2, 0.25) is 0 Å². The highest BCUT2D eigenvalue weighted by Crippen LogP contribution is 2.39. The van der Waals surface area contributed by atoms with Crippen LogP contribution in [0.3, 0.4) is 0 Å². The van der Waals surface area contributed by atoms with E-state index in [4.69, 9.17) is 12.2 Å². The first-order valence-corrected chi connectivity index (χ1v) is 10.2. The van der Waals surface area contributed by atoms with Gasteiger partial charge in [-0.05, 0) is 47.8 Å².